The lowest BCUT2D eigenvalue weighted by atomic mass is 10.2. The molecule has 0 aliphatic heterocycles. The fourth-order valence-corrected chi connectivity index (χ4v) is 1.68. The Morgan fingerprint density at radius 1 is 1.32 bits per heavy atom. The Bertz CT molecular complexity index is 758. The zero-order valence-corrected chi connectivity index (χ0v) is 11.3. The number of hydrogen-bond donors (Lipinski definition) is 3. The summed E-state index contributed by atoms with van der Waals surface area (Å²) in [6.45, 7) is 0. The van der Waals surface area contributed by atoms with Crippen LogP contribution in [0, 0.1) is 10.1 Å². The molecule has 0 unspecified atom stereocenters. The second-order valence-electron chi connectivity index (χ2n) is 4.29. The van der Waals surface area contributed by atoms with Crippen molar-refractivity contribution in [3.63, 3.8) is 0 Å². The lowest BCUT2D eigenvalue weighted by Gasteiger charge is -2.03. The van der Waals surface area contributed by atoms with E-state index in [2.05, 4.69) is 10.5 Å². The van der Waals surface area contributed by atoms with E-state index in [4.69, 9.17) is 5.73 Å². The summed E-state index contributed by atoms with van der Waals surface area (Å²) in [6, 6.07) is 9.93. The number of phenols is 1. The molecule has 2 rings (SSSR count). The SMILES string of the molecule is Nc1ccccc1C(=O)NN=Cc1cc([N+](=O)[O-])ccc1O. The zero-order valence-electron chi connectivity index (χ0n) is 11.3. The van der Waals surface area contributed by atoms with Crippen LogP contribution in [0.5, 0.6) is 5.75 Å². The van der Waals surface area contributed by atoms with Crippen molar-refractivity contribution in [2.75, 3.05) is 5.73 Å². The van der Waals surface area contributed by atoms with Gasteiger partial charge in [-0.25, -0.2) is 5.43 Å². The van der Waals surface area contributed by atoms with Crippen LogP contribution in [0.3, 0.4) is 0 Å². The van der Waals surface area contributed by atoms with Gasteiger partial charge in [-0.05, 0) is 18.2 Å². The number of aromatic hydroxyl groups is 1. The minimum Gasteiger partial charge on any atom is -0.507 e. The summed E-state index contributed by atoms with van der Waals surface area (Å²) in [5, 5.41) is 23.9. The van der Waals surface area contributed by atoms with E-state index in [1.54, 1.807) is 18.2 Å². The monoisotopic (exact) mass is 300 g/mol. The van der Waals surface area contributed by atoms with Crippen LogP contribution >= 0.6 is 0 Å². The lowest BCUT2D eigenvalue weighted by Crippen LogP contribution is -2.19. The number of rotatable bonds is 4. The van der Waals surface area contributed by atoms with E-state index in [0.717, 1.165) is 18.3 Å². The van der Waals surface area contributed by atoms with Gasteiger partial charge in [-0.3, -0.25) is 14.9 Å². The summed E-state index contributed by atoms with van der Waals surface area (Å²) < 4.78 is 0. The van der Waals surface area contributed by atoms with E-state index in [1.165, 1.54) is 12.1 Å². The van der Waals surface area contributed by atoms with E-state index in [-0.39, 0.29) is 22.6 Å². The molecule has 0 saturated carbocycles. The molecule has 0 spiro atoms. The molecule has 0 fully saturated rings. The number of non-ortho nitro benzene ring substituents is 1. The largest absolute Gasteiger partial charge is 0.507 e. The van der Waals surface area contributed by atoms with Crippen LogP contribution in [0.25, 0.3) is 0 Å². The molecule has 22 heavy (non-hydrogen) atoms. The Hall–Kier alpha value is -3.42. The van der Waals surface area contributed by atoms with Crippen molar-refractivity contribution in [2.45, 2.75) is 0 Å². The highest BCUT2D eigenvalue weighted by atomic mass is 16.6. The number of nitrogens with two attached hydrogens (primary N) is 1. The molecule has 0 heterocycles. The maximum absolute atomic E-state index is 11.8. The molecule has 0 aliphatic rings. The Morgan fingerprint density at radius 2 is 2.05 bits per heavy atom. The van der Waals surface area contributed by atoms with Gasteiger partial charge in [0.15, 0.2) is 0 Å². The van der Waals surface area contributed by atoms with Gasteiger partial charge in [0.05, 0.1) is 16.7 Å². The molecule has 0 radical (unpaired) electrons. The first kappa shape index (κ1) is 15.0. The number of hydrazone groups is 1. The van der Waals surface area contributed by atoms with Crippen molar-refractivity contribution < 1.29 is 14.8 Å². The Morgan fingerprint density at radius 3 is 2.73 bits per heavy atom. The van der Waals surface area contributed by atoms with E-state index >= 15 is 0 Å². The fraction of sp³-hybridized carbons (Fsp3) is 0. The van der Waals surface area contributed by atoms with Crippen molar-refractivity contribution in [1.29, 1.82) is 0 Å². The minimum atomic E-state index is -0.597. The highest BCUT2D eigenvalue weighted by Gasteiger charge is 2.10. The van der Waals surface area contributed by atoms with E-state index < -0.39 is 10.8 Å². The second-order valence-corrected chi connectivity index (χ2v) is 4.29. The van der Waals surface area contributed by atoms with Gasteiger partial charge in [-0.15, -0.1) is 0 Å². The number of nitro benzene ring substituents is 1. The van der Waals surface area contributed by atoms with Crippen LogP contribution in [0.1, 0.15) is 15.9 Å². The maximum Gasteiger partial charge on any atom is 0.273 e. The number of carbonyl (C=O) groups excluding carboxylic acids is 1. The number of anilines is 1. The molecular formula is C14H12N4O4. The molecule has 8 nitrogen and oxygen atoms in total. The number of carbonyl (C=O) groups is 1. The number of phenolic OH excluding ortho intramolecular Hbond substituents is 1. The third-order valence-corrected chi connectivity index (χ3v) is 2.80. The van der Waals surface area contributed by atoms with Crippen molar-refractivity contribution in [1.82, 2.24) is 5.43 Å². The smallest absolute Gasteiger partial charge is 0.273 e. The quantitative estimate of drug-likeness (QED) is 0.342. The summed E-state index contributed by atoms with van der Waals surface area (Å²) in [7, 11) is 0. The van der Waals surface area contributed by atoms with Crippen molar-refractivity contribution in [3.8, 4) is 5.75 Å². The fourth-order valence-electron chi connectivity index (χ4n) is 1.68. The summed E-state index contributed by atoms with van der Waals surface area (Å²) in [5.74, 6) is -0.720. The molecule has 0 aliphatic carbocycles. The van der Waals surface area contributed by atoms with E-state index in [1.807, 2.05) is 0 Å². The topological polar surface area (TPSA) is 131 Å². The first-order chi connectivity index (χ1) is 10.5. The first-order valence-corrected chi connectivity index (χ1v) is 6.14. The number of nitrogens with one attached hydrogen (secondary N) is 1. The predicted molar refractivity (Wildman–Crippen MR) is 80.7 cm³/mol. The molecular weight excluding hydrogens is 288 g/mol. The number of nitro groups is 1. The molecule has 8 heteroatoms. The number of benzene rings is 2. The molecule has 0 atom stereocenters. The van der Waals surface area contributed by atoms with Gasteiger partial charge >= 0.3 is 0 Å². The predicted octanol–water partition coefficient (Wildman–Crippen LogP) is 1.65. The average molecular weight is 300 g/mol. The number of hydrogen-bond acceptors (Lipinski definition) is 6. The third kappa shape index (κ3) is 3.37. The summed E-state index contributed by atoms with van der Waals surface area (Å²) >= 11 is 0. The van der Waals surface area contributed by atoms with Gasteiger partial charge in [0.1, 0.15) is 5.75 Å². The normalized spacial score (nSPS) is 10.5. The lowest BCUT2D eigenvalue weighted by molar-refractivity contribution is -0.384. The number of amides is 1. The number of para-hydroxylation sites is 1. The molecule has 0 aromatic heterocycles. The van der Waals surface area contributed by atoms with Crippen LogP contribution < -0.4 is 11.2 Å². The molecule has 4 N–H and O–H groups in total. The molecule has 1 amide bonds. The highest BCUT2D eigenvalue weighted by molar-refractivity contribution is 5.99. The number of nitrogens with zero attached hydrogens (tertiary/aromatic N) is 2. The zero-order chi connectivity index (χ0) is 16.1. The van der Waals surface area contributed by atoms with Gasteiger partial charge < -0.3 is 10.8 Å². The van der Waals surface area contributed by atoms with E-state index in [9.17, 15) is 20.0 Å². The van der Waals surface area contributed by atoms with Crippen LogP contribution in [0.4, 0.5) is 11.4 Å². The van der Waals surface area contributed by atoms with Gasteiger partial charge in [0.25, 0.3) is 11.6 Å². The molecule has 2 aromatic carbocycles. The van der Waals surface area contributed by atoms with Crippen LogP contribution in [0.2, 0.25) is 0 Å². The molecule has 0 saturated heterocycles. The minimum absolute atomic E-state index is 0.107. The summed E-state index contributed by atoms with van der Waals surface area (Å²) in [5.41, 5.74) is 8.35. The van der Waals surface area contributed by atoms with E-state index in [0.29, 0.717) is 5.69 Å². The number of nitrogen functional groups attached to an aromatic ring is 1. The van der Waals surface area contributed by atoms with Gasteiger partial charge in [-0.1, -0.05) is 12.1 Å². The molecule has 112 valence electrons. The van der Waals surface area contributed by atoms with Crippen molar-refractivity contribution in [2.24, 2.45) is 5.10 Å². The van der Waals surface area contributed by atoms with Gasteiger partial charge in [-0.2, -0.15) is 5.10 Å². The third-order valence-electron chi connectivity index (χ3n) is 2.80. The second kappa shape index (κ2) is 6.35. The van der Waals surface area contributed by atoms with Crippen molar-refractivity contribution in [3.05, 3.63) is 63.7 Å². The van der Waals surface area contributed by atoms with Crippen molar-refractivity contribution >= 4 is 23.5 Å². The first-order valence-electron chi connectivity index (χ1n) is 6.14. The maximum atomic E-state index is 11.8. The summed E-state index contributed by atoms with van der Waals surface area (Å²) in [4.78, 5) is 21.9. The standard InChI is InChI=1S/C14H12N4O4/c15-12-4-2-1-3-11(12)14(20)17-16-8-9-7-10(18(21)22)5-6-13(9)19/h1-8,19H,15H2,(H,17,20). The Labute approximate surface area is 125 Å². The Balaban J connectivity index is 2.13. The molecule has 2 aromatic rings. The van der Waals surface area contributed by atoms with Gasteiger partial charge in [0, 0.05) is 23.4 Å². The van der Waals surface area contributed by atoms with Crippen LogP contribution in [-0.4, -0.2) is 22.2 Å². The average Bonchev–Trinajstić information content (AvgIpc) is 2.49. The molecule has 0 bridgehead atoms. The van der Waals surface area contributed by atoms with Crippen LogP contribution in [0.15, 0.2) is 47.6 Å². The Kier molecular flexibility index (Phi) is 4.33. The van der Waals surface area contributed by atoms with Crippen LogP contribution in [-0.2, 0) is 0 Å². The highest BCUT2D eigenvalue weighted by Crippen LogP contribution is 2.21. The summed E-state index contributed by atoms with van der Waals surface area (Å²) in [6.07, 6.45) is 1.11. The van der Waals surface area contributed by atoms with Gasteiger partial charge in [0.2, 0.25) is 0 Å².